The maximum absolute atomic E-state index is 13.2. The number of nitro benzene ring substituents is 1. The molecule has 13 heteroatoms. The fourth-order valence-electron chi connectivity index (χ4n) is 3.77. The lowest BCUT2D eigenvalue weighted by Crippen LogP contribution is -2.34. The summed E-state index contributed by atoms with van der Waals surface area (Å²) in [5, 5.41) is 14.5. The van der Waals surface area contributed by atoms with Gasteiger partial charge in [-0.3, -0.25) is 10.1 Å². The number of nitrogens with zero attached hydrogens (tertiary/aromatic N) is 3. The molecule has 1 aliphatic heterocycles. The molecule has 0 saturated heterocycles. The number of allylic oxidation sites excluding steroid dienone is 1. The molecule has 0 spiro atoms. The van der Waals surface area contributed by atoms with Crippen molar-refractivity contribution >= 4 is 35.5 Å². The SMILES string of the molecule is CCOC(=O)C1=C(C)NC(CSCOC(=O)n2ccnc2)=C(C(=O)OCC)C1c1cccc([N+](=O)[O-])c1. The number of ether oxygens (including phenoxy) is 3. The molecular formula is C24H26N4O8S. The van der Waals surface area contributed by atoms with Gasteiger partial charge >= 0.3 is 18.0 Å². The van der Waals surface area contributed by atoms with Gasteiger partial charge in [0.2, 0.25) is 0 Å². The molecule has 3 rings (SSSR count). The Kier molecular flexibility index (Phi) is 9.44. The minimum atomic E-state index is -0.983. The number of dihydropyridines is 1. The molecule has 0 amide bonds. The Hall–Kier alpha value is -4.13. The normalized spacial score (nSPS) is 15.2. The summed E-state index contributed by atoms with van der Waals surface area (Å²) in [5.41, 5.74) is 1.27. The number of hydrogen-bond acceptors (Lipinski definition) is 11. The summed E-state index contributed by atoms with van der Waals surface area (Å²) >= 11 is 1.20. The highest BCUT2D eigenvalue weighted by atomic mass is 32.2. The molecule has 0 fully saturated rings. The Balaban J connectivity index is 1.99. The Labute approximate surface area is 216 Å². The van der Waals surface area contributed by atoms with Crippen LogP contribution in [0.5, 0.6) is 0 Å². The predicted octanol–water partition coefficient (Wildman–Crippen LogP) is 3.51. The number of carbonyl (C=O) groups is 3. The van der Waals surface area contributed by atoms with Crippen molar-refractivity contribution in [3.63, 3.8) is 0 Å². The highest BCUT2D eigenvalue weighted by Crippen LogP contribution is 2.40. The van der Waals surface area contributed by atoms with Crippen molar-refractivity contribution in [2.45, 2.75) is 26.7 Å². The highest BCUT2D eigenvalue weighted by molar-refractivity contribution is 7.99. The van der Waals surface area contributed by atoms with Gasteiger partial charge in [0.25, 0.3) is 5.69 Å². The molecule has 0 radical (unpaired) electrons. The van der Waals surface area contributed by atoms with Crippen LogP contribution in [0.1, 0.15) is 32.3 Å². The maximum atomic E-state index is 13.2. The largest absolute Gasteiger partial charge is 0.463 e. The van der Waals surface area contributed by atoms with E-state index in [0.717, 1.165) is 0 Å². The fourth-order valence-corrected chi connectivity index (χ4v) is 4.47. The predicted molar refractivity (Wildman–Crippen MR) is 133 cm³/mol. The van der Waals surface area contributed by atoms with Crippen LogP contribution in [0.15, 0.2) is 65.5 Å². The van der Waals surface area contributed by atoms with Crippen LogP contribution in [-0.2, 0) is 23.8 Å². The van der Waals surface area contributed by atoms with Gasteiger partial charge in [0.15, 0.2) is 0 Å². The quantitative estimate of drug-likeness (QED) is 0.120. The second kappa shape index (κ2) is 12.7. The summed E-state index contributed by atoms with van der Waals surface area (Å²) in [6, 6.07) is 5.73. The molecule has 37 heavy (non-hydrogen) atoms. The van der Waals surface area contributed by atoms with Crippen LogP contribution < -0.4 is 5.32 Å². The third-order valence-corrected chi connectivity index (χ3v) is 6.05. The standard InChI is InChI=1S/C24H26N4O8S/c1-4-34-22(29)19-15(3)26-18(12-37-14-36-24(31)27-10-9-25-13-27)21(23(30)35-5-2)20(19)16-7-6-8-17(11-16)28(32)33/h6-11,13,20,26H,4-5,12,14H2,1-3H3. The second-order valence-electron chi connectivity index (χ2n) is 7.63. The van der Waals surface area contributed by atoms with E-state index in [1.165, 1.54) is 53.2 Å². The number of imidazole rings is 1. The molecule has 1 aliphatic rings. The van der Waals surface area contributed by atoms with Crippen molar-refractivity contribution in [2.75, 3.05) is 24.9 Å². The summed E-state index contributed by atoms with van der Waals surface area (Å²) in [5.74, 6) is -2.18. The molecule has 0 saturated carbocycles. The Bertz CT molecular complexity index is 1240. The van der Waals surface area contributed by atoms with Gasteiger partial charge in [-0.1, -0.05) is 12.1 Å². The van der Waals surface area contributed by atoms with Crippen LogP contribution in [0.4, 0.5) is 10.5 Å². The first-order valence-corrected chi connectivity index (χ1v) is 12.5. The number of thioether (sulfide) groups is 1. The van der Waals surface area contributed by atoms with Gasteiger partial charge in [-0.25, -0.2) is 23.9 Å². The molecule has 1 unspecified atom stereocenters. The molecular weight excluding hydrogens is 504 g/mol. The minimum absolute atomic E-state index is 0.0345. The zero-order valence-electron chi connectivity index (χ0n) is 20.5. The third kappa shape index (κ3) is 6.55. The Morgan fingerprint density at radius 2 is 1.84 bits per heavy atom. The summed E-state index contributed by atoms with van der Waals surface area (Å²) in [4.78, 5) is 52.9. The van der Waals surface area contributed by atoms with Crippen molar-refractivity contribution < 1.29 is 33.5 Å². The summed E-state index contributed by atoms with van der Waals surface area (Å²) < 4.78 is 16.9. The van der Waals surface area contributed by atoms with Crippen LogP contribution in [0.2, 0.25) is 0 Å². The van der Waals surface area contributed by atoms with Gasteiger partial charge in [-0.15, -0.1) is 11.8 Å². The molecule has 1 aromatic carbocycles. The van der Waals surface area contributed by atoms with Crippen molar-refractivity contribution in [3.8, 4) is 0 Å². The van der Waals surface area contributed by atoms with E-state index in [-0.39, 0.29) is 41.7 Å². The number of nitro groups is 1. The van der Waals surface area contributed by atoms with E-state index in [1.807, 2.05) is 0 Å². The monoisotopic (exact) mass is 530 g/mol. The molecule has 12 nitrogen and oxygen atoms in total. The molecule has 1 atom stereocenters. The summed E-state index contributed by atoms with van der Waals surface area (Å²) in [7, 11) is 0. The van der Waals surface area contributed by atoms with Gasteiger partial charge in [0, 0.05) is 41.7 Å². The van der Waals surface area contributed by atoms with Crippen molar-refractivity contribution in [1.82, 2.24) is 14.9 Å². The average molecular weight is 531 g/mol. The van der Waals surface area contributed by atoms with Crippen LogP contribution in [0.25, 0.3) is 0 Å². The van der Waals surface area contributed by atoms with Crippen LogP contribution >= 0.6 is 11.8 Å². The molecule has 196 valence electrons. The Morgan fingerprint density at radius 3 is 2.46 bits per heavy atom. The molecule has 2 aromatic rings. The van der Waals surface area contributed by atoms with Crippen LogP contribution in [0, 0.1) is 10.1 Å². The Morgan fingerprint density at radius 1 is 1.14 bits per heavy atom. The van der Waals surface area contributed by atoms with Crippen molar-refractivity contribution in [3.05, 3.63) is 81.2 Å². The van der Waals surface area contributed by atoms with E-state index in [2.05, 4.69) is 10.3 Å². The van der Waals surface area contributed by atoms with Gasteiger partial charge in [-0.2, -0.15) is 0 Å². The van der Waals surface area contributed by atoms with E-state index in [9.17, 15) is 24.5 Å². The number of hydrogen-bond donors (Lipinski definition) is 1. The van der Waals surface area contributed by atoms with E-state index in [1.54, 1.807) is 26.8 Å². The van der Waals surface area contributed by atoms with E-state index < -0.39 is 28.9 Å². The summed E-state index contributed by atoms with van der Waals surface area (Å²) in [6.45, 7) is 5.13. The number of benzene rings is 1. The van der Waals surface area contributed by atoms with Gasteiger partial charge < -0.3 is 19.5 Å². The average Bonchev–Trinajstić information content (AvgIpc) is 3.41. The molecule has 2 heterocycles. The molecule has 0 aliphatic carbocycles. The number of carbonyl (C=O) groups excluding carboxylic acids is 3. The van der Waals surface area contributed by atoms with Gasteiger partial charge in [-0.05, 0) is 26.3 Å². The molecule has 0 bridgehead atoms. The van der Waals surface area contributed by atoms with E-state index >= 15 is 0 Å². The second-order valence-corrected chi connectivity index (χ2v) is 8.56. The van der Waals surface area contributed by atoms with Gasteiger partial charge in [0.1, 0.15) is 12.3 Å². The number of esters is 2. The zero-order chi connectivity index (χ0) is 26.9. The first-order valence-electron chi connectivity index (χ1n) is 11.3. The van der Waals surface area contributed by atoms with Crippen LogP contribution in [-0.4, -0.2) is 57.4 Å². The smallest absolute Gasteiger partial charge is 0.420 e. The number of aromatic nitrogens is 2. The maximum Gasteiger partial charge on any atom is 0.420 e. The topological polar surface area (TPSA) is 152 Å². The molecule has 1 N–H and O–H groups in total. The van der Waals surface area contributed by atoms with Crippen molar-refractivity contribution in [1.29, 1.82) is 0 Å². The first kappa shape index (κ1) is 27.5. The zero-order valence-corrected chi connectivity index (χ0v) is 21.3. The molecule has 1 aromatic heterocycles. The number of rotatable bonds is 10. The fraction of sp³-hybridized carbons (Fsp3) is 0.333. The first-order chi connectivity index (χ1) is 17.8. The van der Waals surface area contributed by atoms with Gasteiger partial charge in [0.05, 0.1) is 35.2 Å². The lowest BCUT2D eigenvalue weighted by molar-refractivity contribution is -0.384. The van der Waals surface area contributed by atoms with Crippen LogP contribution in [0.3, 0.4) is 0 Å². The van der Waals surface area contributed by atoms with Crippen molar-refractivity contribution in [2.24, 2.45) is 0 Å². The van der Waals surface area contributed by atoms with E-state index in [4.69, 9.17) is 14.2 Å². The minimum Gasteiger partial charge on any atom is -0.463 e. The summed E-state index contributed by atoms with van der Waals surface area (Å²) in [6.07, 6.45) is 3.59. The lowest BCUT2D eigenvalue weighted by Gasteiger charge is -2.31. The third-order valence-electron chi connectivity index (χ3n) is 5.28. The lowest BCUT2D eigenvalue weighted by atomic mass is 9.80. The number of nitrogens with one attached hydrogen (secondary N) is 1. The highest BCUT2D eigenvalue weighted by Gasteiger charge is 2.39. The number of non-ortho nitro benzene ring substituents is 1. The van der Waals surface area contributed by atoms with E-state index in [0.29, 0.717) is 17.0 Å².